The summed E-state index contributed by atoms with van der Waals surface area (Å²) in [4.78, 5) is 36.0. The summed E-state index contributed by atoms with van der Waals surface area (Å²) in [6.45, 7) is 3.88. The zero-order chi connectivity index (χ0) is 18.1. The number of amides is 1. The molecule has 0 radical (unpaired) electrons. The lowest BCUT2D eigenvalue weighted by Gasteiger charge is -2.14. The molecule has 25 heavy (non-hydrogen) atoms. The number of benzene rings is 1. The highest BCUT2D eigenvalue weighted by molar-refractivity contribution is 7.19. The fourth-order valence-electron chi connectivity index (χ4n) is 2.75. The van der Waals surface area contributed by atoms with Gasteiger partial charge in [0, 0.05) is 17.5 Å². The molecule has 0 unspecified atom stereocenters. The fraction of sp³-hybridized carbons (Fsp3) is 0.278. The predicted octanol–water partition coefficient (Wildman–Crippen LogP) is 2.76. The summed E-state index contributed by atoms with van der Waals surface area (Å²) < 4.78 is 1.33. The predicted molar refractivity (Wildman–Crippen MR) is 98.6 cm³/mol. The summed E-state index contributed by atoms with van der Waals surface area (Å²) in [6, 6.07) is 8.03. The van der Waals surface area contributed by atoms with Crippen LogP contribution in [0.25, 0.3) is 21.3 Å². The molecular formula is C18H19N3O3S. The third-order valence-electron chi connectivity index (χ3n) is 4.09. The second-order valence-corrected chi connectivity index (χ2v) is 7.04. The molecule has 1 aromatic carbocycles. The number of likely N-dealkylation sites (N-methyl/N-ethyl adjacent to an activating group) is 1. The van der Waals surface area contributed by atoms with Crippen molar-refractivity contribution in [2.45, 2.75) is 20.4 Å². The Kier molecular flexibility index (Phi) is 4.69. The van der Waals surface area contributed by atoms with E-state index >= 15 is 0 Å². The lowest BCUT2D eigenvalue weighted by Crippen LogP contribution is -2.33. The van der Waals surface area contributed by atoms with Crippen molar-refractivity contribution in [3.8, 4) is 11.1 Å². The number of thiophene rings is 1. The number of carbonyl (C=O) groups is 1. The Morgan fingerprint density at radius 1 is 1.36 bits per heavy atom. The quantitative estimate of drug-likeness (QED) is 0.674. The minimum Gasteiger partial charge on any atom is -0.289 e. The van der Waals surface area contributed by atoms with Crippen molar-refractivity contribution in [1.29, 1.82) is 0 Å². The number of fused-ring (bicyclic) bond motifs is 1. The van der Waals surface area contributed by atoms with Crippen LogP contribution in [0.4, 0.5) is 0 Å². The Morgan fingerprint density at radius 2 is 2.12 bits per heavy atom. The van der Waals surface area contributed by atoms with Crippen molar-refractivity contribution in [1.82, 2.24) is 14.6 Å². The second kappa shape index (κ2) is 6.78. The number of hydrogen-bond acceptors (Lipinski definition) is 5. The van der Waals surface area contributed by atoms with Gasteiger partial charge in [-0.1, -0.05) is 29.8 Å². The Labute approximate surface area is 149 Å². The maximum absolute atomic E-state index is 13.0. The van der Waals surface area contributed by atoms with E-state index in [1.807, 2.05) is 32.0 Å². The maximum Gasteiger partial charge on any atom is 0.265 e. The van der Waals surface area contributed by atoms with Gasteiger partial charge in [-0.05, 0) is 19.4 Å². The Balaban J connectivity index is 2.16. The van der Waals surface area contributed by atoms with E-state index in [1.165, 1.54) is 36.4 Å². The number of nitrogens with zero attached hydrogens (tertiary/aromatic N) is 3. The minimum atomic E-state index is -0.324. The number of rotatable bonds is 4. The third-order valence-corrected chi connectivity index (χ3v) is 5.11. The van der Waals surface area contributed by atoms with Gasteiger partial charge in [-0.15, -0.1) is 11.3 Å². The van der Waals surface area contributed by atoms with Crippen LogP contribution < -0.4 is 5.56 Å². The van der Waals surface area contributed by atoms with E-state index < -0.39 is 0 Å². The van der Waals surface area contributed by atoms with Crippen LogP contribution in [0.1, 0.15) is 10.4 Å². The van der Waals surface area contributed by atoms with E-state index in [-0.39, 0.29) is 18.0 Å². The van der Waals surface area contributed by atoms with Gasteiger partial charge in [0.05, 0.1) is 18.8 Å². The van der Waals surface area contributed by atoms with E-state index in [1.54, 1.807) is 0 Å². The van der Waals surface area contributed by atoms with E-state index in [4.69, 9.17) is 4.84 Å². The molecule has 2 heterocycles. The fourth-order valence-corrected chi connectivity index (χ4v) is 3.75. The summed E-state index contributed by atoms with van der Waals surface area (Å²) in [7, 11) is 2.91. The zero-order valence-corrected chi connectivity index (χ0v) is 15.4. The molecule has 0 aliphatic carbocycles. The van der Waals surface area contributed by atoms with Gasteiger partial charge in [0.2, 0.25) is 0 Å². The second-order valence-electron chi connectivity index (χ2n) is 5.83. The van der Waals surface area contributed by atoms with E-state index in [2.05, 4.69) is 11.1 Å². The smallest absolute Gasteiger partial charge is 0.265 e. The van der Waals surface area contributed by atoms with Gasteiger partial charge in [-0.3, -0.25) is 19.0 Å². The van der Waals surface area contributed by atoms with Gasteiger partial charge in [0.15, 0.2) is 0 Å². The molecule has 0 bridgehead atoms. The Bertz CT molecular complexity index is 1010. The lowest BCUT2D eigenvalue weighted by atomic mass is 10.0. The highest BCUT2D eigenvalue weighted by Crippen LogP contribution is 2.35. The summed E-state index contributed by atoms with van der Waals surface area (Å²) in [5, 5.41) is 1.65. The van der Waals surface area contributed by atoms with Gasteiger partial charge in [-0.25, -0.2) is 10.0 Å². The van der Waals surface area contributed by atoms with Gasteiger partial charge in [0.25, 0.3) is 11.5 Å². The highest BCUT2D eigenvalue weighted by Gasteiger charge is 2.18. The molecule has 0 spiro atoms. The van der Waals surface area contributed by atoms with Crippen LogP contribution in [0.15, 0.2) is 35.4 Å². The molecule has 0 N–H and O–H groups in total. The maximum atomic E-state index is 13.0. The van der Waals surface area contributed by atoms with E-state index in [0.717, 1.165) is 26.6 Å². The molecule has 0 aliphatic rings. The monoisotopic (exact) mass is 357 g/mol. The summed E-state index contributed by atoms with van der Waals surface area (Å²) >= 11 is 1.49. The van der Waals surface area contributed by atoms with Crippen molar-refractivity contribution in [3.63, 3.8) is 0 Å². The molecule has 3 aromatic rings. The average Bonchev–Trinajstić information content (AvgIpc) is 2.93. The molecule has 0 saturated heterocycles. The topological polar surface area (TPSA) is 64.4 Å². The molecule has 0 aliphatic heterocycles. The van der Waals surface area contributed by atoms with Crippen molar-refractivity contribution < 1.29 is 9.63 Å². The molecule has 130 valence electrons. The molecule has 2 aromatic heterocycles. The van der Waals surface area contributed by atoms with Crippen molar-refractivity contribution >= 4 is 27.5 Å². The van der Waals surface area contributed by atoms with Gasteiger partial charge < -0.3 is 0 Å². The highest BCUT2D eigenvalue weighted by atomic mass is 32.1. The Hall–Kier alpha value is -2.51. The summed E-state index contributed by atoms with van der Waals surface area (Å²) in [6.07, 6.45) is 1.42. The van der Waals surface area contributed by atoms with Crippen LogP contribution in [0.3, 0.4) is 0 Å². The van der Waals surface area contributed by atoms with Crippen molar-refractivity contribution in [2.24, 2.45) is 0 Å². The van der Waals surface area contributed by atoms with Gasteiger partial charge >= 0.3 is 0 Å². The molecule has 1 amide bonds. The number of aryl methyl sites for hydroxylation is 2. The molecule has 3 rings (SSSR count). The van der Waals surface area contributed by atoms with Crippen molar-refractivity contribution in [3.05, 3.63) is 51.4 Å². The van der Waals surface area contributed by atoms with E-state index in [0.29, 0.717) is 10.2 Å². The molecule has 0 saturated carbocycles. The van der Waals surface area contributed by atoms with Crippen LogP contribution in [-0.4, -0.2) is 34.7 Å². The zero-order valence-electron chi connectivity index (χ0n) is 14.6. The molecule has 7 heteroatoms. The Morgan fingerprint density at radius 3 is 2.80 bits per heavy atom. The van der Waals surface area contributed by atoms with Crippen LogP contribution in [-0.2, 0) is 16.2 Å². The number of carbonyl (C=O) groups excluding carboxylic acids is 1. The molecule has 0 fully saturated rings. The number of hydroxylamine groups is 2. The summed E-state index contributed by atoms with van der Waals surface area (Å²) in [5.41, 5.74) is 2.78. The minimum absolute atomic E-state index is 0.117. The normalized spacial score (nSPS) is 11.0. The number of aromatic nitrogens is 2. The lowest BCUT2D eigenvalue weighted by molar-refractivity contribution is -0.169. The van der Waals surface area contributed by atoms with Gasteiger partial charge in [-0.2, -0.15) is 0 Å². The third kappa shape index (κ3) is 3.20. The first-order valence-electron chi connectivity index (χ1n) is 7.78. The van der Waals surface area contributed by atoms with Gasteiger partial charge in [0.1, 0.15) is 11.4 Å². The average molecular weight is 357 g/mol. The molecule has 0 atom stereocenters. The van der Waals surface area contributed by atoms with E-state index in [9.17, 15) is 9.59 Å². The first-order chi connectivity index (χ1) is 11.9. The van der Waals surface area contributed by atoms with Crippen LogP contribution in [0.5, 0.6) is 0 Å². The molecule has 6 nitrogen and oxygen atoms in total. The van der Waals surface area contributed by atoms with Crippen molar-refractivity contribution in [2.75, 3.05) is 14.2 Å². The number of hydrogen-bond donors (Lipinski definition) is 0. The molecular weight excluding hydrogens is 338 g/mol. The van der Waals surface area contributed by atoms with Crippen LogP contribution >= 0.6 is 11.3 Å². The standard InChI is InChI=1S/C18H19N3O3S/c1-11-6-5-7-13(8-11)15-12(2)25-17-16(15)18(23)21(10-19-17)9-14(22)20(3)24-4/h5-8,10H,9H2,1-4H3. The SMILES string of the molecule is CON(C)C(=O)Cn1cnc2sc(C)c(-c3cccc(C)c3)c2c1=O. The summed E-state index contributed by atoms with van der Waals surface area (Å²) in [5.74, 6) is -0.324. The van der Waals surface area contributed by atoms with Crippen LogP contribution in [0, 0.1) is 13.8 Å². The first-order valence-corrected chi connectivity index (χ1v) is 8.60. The first kappa shape index (κ1) is 17.3. The largest absolute Gasteiger partial charge is 0.289 e. The van der Waals surface area contributed by atoms with Crippen LogP contribution in [0.2, 0.25) is 0 Å².